The fourth-order valence-electron chi connectivity index (χ4n) is 3.36. The molecule has 1 rings (SSSR count). The zero-order valence-electron chi connectivity index (χ0n) is 18.4. The third-order valence-electron chi connectivity index (χ3n) is 5.24. The molecule has 1 saturated carbocycles. The number of hydrogen-bond donors (Lipinski definition) is 2. The molecule has 30 heavy (non-hydrogen) atoms. The van der Waals surface area contributed by atoms with Gasteiger partial charge >= 0.3 is 5.97 Å². The Balaban J connectivity index is 2.61. The maximum absolute atomic E-state index is 13.6. The number of allylic oxidation sites excluding steroid dienone is 5. The first kappa shape index (κ1) is 26.0. The van der Waals surface area contributed by atoms with Gasteiger partial charge in [0.2, 0.25) is 0 Å². The molecule has 0 aromatic rings. The lowest BCUT2D eigenvalue weighted by atomic mass is 9.88. The summed E-state index contributed by atoms with van der Waals surface area (Å²) >= 11 is 0. The van der Waals surface area contributed by atoms with E-state index in [0.717, 1.165) is 0 Å². The molecule has 1 fully saturated rings. The summed E-state index contributed by atoms with van der Waals surface area (Å²) in [6, 6.07) is 0. The zero-order valence-corrected chi connectivity index (χ0v) is 18.4. The van der Waals surface area contributed by atoms with Crippen molar-refractivity contribution in [2.75, 3.05) is 7.11 Å². The van der Waals surface area contributed by atoms with E-state index in [-0.39, 0.29) is 42.3 Å². The van der Waals surface area contributed by atoms with Crippen LogP contribution in [0.5, 0.6) is 0 Å². The molecule has 0 aliphatic heterocycles. The molecule has 168 valence electrons. The highest BCUT2D eigenvalue weighted by molar-refractivity contribution is 5.84. The van der Waals surface area contributed by atoms with Crippen LogP contribution in [0.2, 0.25) is 0 Å². The monoisotopic (exact) mass is 422 g/mol. The largest absolute Gasteiger partial charge is 0.469 e. The quantitative estimate of drug-likeness (QED) is 0.294. The number of hydrogen-bond acceptors (Lipinski definition) is 5. The highest BCUT2D eigenvalue weighted by atomic mass is 19.1. The summed E-state index contributed by atoms with van der Waals surface area (Å²) in [5, 5.41) is 20.6. The van der Waals surface area contributed by atoms with E-state index in [1.54, 1.807) is 32.9 Å². The number of Topliss-reactive ketones (excluding diaryl/α,β-unsaturated/α-hetero) is 1. The summed E-state index contributed by atoms with van der Waals surface area (Å²) in [7, 11) is 1.36. The molecule has 2 N–H and O–H groups in total. The number of aliphatic hydroxyl groups is 2. The third kappa shape index (κ3) is 9.18. The van der Waals surface area contributed by atoms with Crippen LogP contribution in [-0.2, 0) is 14.3 Å². The standard InChI is InChI=1S/C24H35FO5/c1-17(2)20(25)13-15-24(3,29)14-9-11-19-18(21(26)16-22(19)27)10-7-5-6-8-12-23(28)30-4/h5-6,9,11,13,15,18-19,22,27,29H,7-8,10,12,14,16H2,1-4H3/b6-5-,11-9+,15-13+/t18-,19-,22-,24-/m1/s1. The van der Waals surface area contributed by atoms with Crippen molar-refractivity contribution in [3.63, 3.8) is 0 Å². The number of ether oxygens (including phenoxy) is 1. The number of aliphatic hydroxyl groups excluding tert-OH is 1. The summed E-state index contributed by atoms with van der Waals surface area (Å²) in [5.41, 5.74) is -0.693. The second kappa shape index (κ2) is 12.6. The smallest absolute Gasteiger partial charge is 0.305 e. The SMILES string of the molecule is COC(=O)CC/C=C\CC[C@H]1C(=O)C[C@@H](O)[C@@H]1/C=C/C[C@@](C)(O)/C=C/C(F)=C(C)C. The minimum absolute atomic E-state index is 0.0393. The van der Waals surface area contributed by atoms with Gasteiger partial charge in [0.1, 0.15) is 11.6 Å². The molecule has 0 amide bonds. The van der Waals surface area contributed by atoms with E-state index in [1.165, 1.54) is 19.3 Å². The van der Waals surface area contributed by atoms with Gasteiger partial charge in [-0.3, -0.25) is 9.59 Å². The normalized spacial score (nSPS) is 24.1. The van der Waals surface area contributed by atoms with Crippen LogP contribution >= 0.6 is 0 Å². The average molecular weight is 423 g/mol. The van der Waals surface area contributed by atoms with Gasteiger partial charge < -0.3 is 14.9 Å². The molecule has 0 spiro atoms. The number of rotatable bonds is 11. The predicted molar refractivity (Wildman–Crippen MR) is 115 cm³/mol. The second-order valence-electron chi connectivity index (χ2n) is 8.26. The summed E-state index contributed by atoms with van der Waals surface area (Å²) in [4.78, 5) is 23.3. The van der Waals surface area contributed by atoms with Gasteiger partial charge in [-0.15, -0.1) is 0 Å². The van der Waals surface area contributed by atoms with Crippen molar-refractivity contribution < 1.29 is 28.9 Å². The number of methoxy groups -OCH3 is 1. The van der Waals surface area contributed by atoms with E-state index < -0.39 is 11.7 Å². The van der Waals surface area contributed by atoms with Crippen molar-refractivity contribution in [2.45, 2.75) is 71.0 Å². The lowest BCUT2D eigenvalue weighted by Crippen LogP contribution is -2.21. The molecule has 0 radical (unpaired) electrons. The van der Waals surface area contributed by atoms with Crippen molar-refractivity contribution in [3.05, 3.63) is 47.9 Å². The molecule has 0 heterocycles. The fourth-order valence-corrected chi connectivity index (χ4v) is 3.36. The van der Waals surface area contributed by atoms with E-state index in [1.807, 2.05) is 12.2 Å². The van der Waals surface area contributed by atoms with E-state index in [4.69, 9.17) is 0 Å². The number of ketones is 1. The van der Waals surface area contributed by atoms with E-state index >= 15 is 0 Å². The maximum atomic E-state index is 13.6. The average Bonchev–Trinajstić information content (AvgIpc) is 2.95. The van der Waals surface area contributed by atoms with Gasteiger partial charge in [-0.1, -0.05) is 30.4 Å². The minimum Gasteiger partial charge on any atom is -0.469 e. The first-order chi connectivity index (χ1) is 14.1. The number of carbonyl (C=O) groups is 2. The molecule has 0 aromatic carbocycles. The van der Waals surface area contributed by atoms with E-state index in [9.17, 15) is 24.2 Å². The maximum Gasteiger partial charge on any atom is 0.305 e. The van der Waals surface area contributed by atoms with Crippen molar-refractivity contribution in [2.24, 2.45) is 11.8 Å². The van der Waals surface area contributed by atoms with Gasteiger partial charge in [-0.2, -0.15) is 0 Å². The van der Waals surface area contributed by atoms with Gasteiger partial charge in [0.15, 0.2) is 0 Å². The molecular formula is C24H35FO5. The molecule has 0 bridgehead atoms. The number of halogens is 1. The van der Waals surface area contributed by atoms with Gasteiger partial charge in [0.05, 0.1) is 18.8 Å². The highest BCUT2D eigenvalue weighted by Gasteiger charge is 2.39. The Morgan fingerprint density at radius 3 is 2.57 bits per heavy atom. The Morgan fingerprint density at radius 1 is 1.27 bits per heavy atom. The zero-order chi connectivity index (χ0) is 22.7. The predicted octanol–water partition coefficient (Wildman–Crippen LogP) is 4.36. The first-order valence-electron chi connectivity index (χ1n) is 10.4. The van der Waals surface area contributed by atoms with Crippen LogP contribution in [0.4, 0.5) is 4.39 Å². The van der Waals surface area contributed by atoms with E-state index in [0.29, 0.717) is 31.3 Å². The van der Waals surface area contributed by atoms with Crippen LogP contribution in [0.15, 0.2) is 47.9 Å². The van der Waals surface area contributed by atoms with Crippen molar-refractivity contribution in [3.8, 4) is 0 Å². The minimum atomic E-state index is -1.23. The second-order valence-corrected chi connectivity index (χ2v) is 8.26. The Labute approximate surface area is 179 Å². The molecule has 1 aliphatic rings. The van der Waals surface area contributed by atoms with Crippen LogP contribution in [0, 0.1) is 11.8 Å². The van der Waals surface area contributed by atoms with Gasteiger partial charge in [-0.05, 0) is 58.1 Å². The molecule has 4 atom stereocenters. The molecule has 0 aromatic heterocycles. The molecule has 0 unspecified atom stereocenters. The van der Waals surface area contributed by atoms with Crippen LogP contribution in [0.3, 0.4) is 0 Å². The van der Waals surface area contributed by atoms with Gasteiger partial charge in [-0.25, -0.2) is 4.39 Å². The van der Waals surface area contributed by atoms with E-state index in [2.05, 4.69) is 4.74 Å². The van der Waals surface area contributed by atoms with Crippen LogP contribution in [-0.4, -0.2) is 40.8 Å². The lowest BCUT2D eigenvalue weighted by molar-refractivity contribution is -0.140. The van der Waals surface area contributed by atoms with Crippen LogP contribution in [0.1, 0.15) is 59.3 Å². The van der Waals surface area contributed by atoms with Crippen molar-refractivity contribution in [1.82, 2.24) is 0 Å². The van der Waals surface area contributed by atoms with Crippen molar-refractivity contribution in [1.29, 1.82) is 0 Å². The summed E-state index contributed by atoms with van der Waals surface area (Å²) in [5.74, 6) is -1.16. The topological polar surface area (TPSA) is 83.8 Å². The molecule has 5 nitrogen and oxygen atoms in total. The highest BCUT2D eigenvalue weighted by Crippen LogP contribution is 2.34. The molecular weight excluding hydrogens is 387 g/mol. The van der Waals surface area contributed by atoms with Crippen LogP contribution < -0.4 is 0 Å². The van der Waals surface area contributed by atoms with Crippen LogP contribution in [0.25, 0.3) is 0 Å². The summed E-state index contributed by atoms with van der Waals surface area (Å²) < 4.78 is 18.2. The van der Waals surface area contributed by atoms with Gasteiger partial charge in [0.25, 0.3) is 0 Å². The number of carbonyl (C=O) groups excluding carboxylic acids is 2. The Hall–Kier alpha value is -2.05. The summed E-state index contributed by atoms with van der Waals surface area (Å²) in [6.45, 7) is 4.89. The first-order valence-corrected chi connectivity index (χ1v) is 10.4. The third-order valence-corrected chi connectivity index (χ3v) is 5.24. The molecule has 1 aliphatic carbocycles. The number of esters is 1. The summed E-state index contributed by atoms with van der Waals surface area (Å²) in [6.07, 6.45) is 11.9. The Kier molecular flexibility index (Phi) is 10.9. The Morgan fingerprint density at radius 2 is 1.93 bits per heavy atom. The lowest BCUT2D eigenvalue weighted by Gasteiger charge is -2.19. The van der Waals surface area contributed by atoms with Crippen molar-refractivity contribution >= 4 is 11.8 Å². The fraction of sp³-hybridized carbons (Fsp3) is 0.583. The Bertz CT molecular complexity index is 698. The molecule has 0 saturated heterocycles. The molecule has 6 heteroatoms. The van der Waals surface area contributed by atoms with Gasteiger partial charge in [0, 0.05) is 24.7 Å².